The van der Waals surface area contributed by atoms with E-state index in [9.17, 15) is 9.59 Å². The molecule has 0 amide bonds. The number of esters is 2. The third-order valence-electron chi connectivity index (χ3n) is 3.03. The number of hydrogen-bond donors (Lipinski definition) is 0. The zero-order valence-corrected chi connectivity index (χ0v) is 13.7. The van der Waals surface area contributed by atoms with Crippen LogP contribution in [-0.2, 0) is 30.5 Å². The summed E-state index contributed by atoms with van der Waals surface area (Å²) in [5, 5.41) is 10.2. The quantitative estimate of drug-likeness (QED) is 0.767. The maximum atomic E-state index is 11.9. The highest BCUT2D eigenvalue weighted by molar-refractivity contribution is 7.14. The second-order valence-electron chi connectivity index (χ2n) is 4.59. The average molecular weight is 352 g/mol. The number of carbonyl (C=O) groups excluding carboxylic acids is 2. The minimum atomic E-state index is -0.918. The third-order valence-corrected chi connectivity index (χ3v) is 4.66. The van der Waals surface area contributed by atoms with Gasteiger partial charge in [-0.05, 0) is 11.4 Å². The van der Waals surface area contributed by atoms with Gasteiger partial charge in [-0.3, -0.25) is 0 Å². The van der Waals surface area contributed by atoms with E-state index in [4.69, 9.17) is 9.57 Å². The van der Waals surface area contributed by atoms with Crippen LogP contribution in [0.15, 0.2) is 27.4 Å². The van der Waals surface area contributed by atoms with Crippen LogP contribution in [-0.4, -0.2) is 35.8 Å². The second-order valence-corrected chi connectivity index (χ2v) is 6.23. The molecule has 2 aromatic heterocycles. The van der Waals surface area contributed by atoms with E-state index in [1.807, 2.05) is 22.2 Å². The molecule has 0 aliphatic carbocycles. The second kappa shape index (κ2) is 6.88. The van der Waals surface area contributed by atoms with Crippen LogP contribution in [0.2, 0.25) is 0 Å². The van der Waals surface area contributed by atoms with E-state index in [0.717, 1.165) is 10.6 Å². The molecule has 2 aromatic rings. The van der Waals surface area contributed by atoms with Gasteiger partial charge < -0.3 is 14.3 Å². The van der Waals surface area contributed by atoms with Crippen molar-refractivity contribution in [3.63, 3.8) is 0 Å². The van der Waals surface area contributed by atoms with Crippen molar-refractivity contribution in [3.8, 4) is 10.6 Å². The highest BCUT2D eigenvalue weighted by atomic mass is 32.1. The van der Waals surface area contributed by atoms with Crippen molar-refractivity contribution in [1.82, 2.24) is 4.98 Å². The summed E-state index contributed by atoms with van der Waals surface area (Å²) < 4.78 is 9.68. The Morgan fingerprint density at radius 3 is 3.04 bits per heavy atom. The normalized spacial score (nSPS) is 16.6. The molecule has 0 saturated heterocycles. The van der Waals surface area contributed by atoms with Crippen LogP contribution in [0.1, 0.15) is 12.1 Å². The average Bonchev–Trinajstić information content (AvgIpc) is 3.32. The molecule has 120 valence electrons. The van der Waals surface area contributed by atoms with Gasteiger partial charge in [-0.15, -0.1) is 11.3 Å². The van der Waals surface area contributed by atoms with Gasteiger partial charge in [0.05, 0.1) is 19.2 Å². The Labute approximate surface area is 139 Å². The highest BCUT2D eigenvalue weighted by Crippen LogP contribution is 2.26. The van der Waals surface area contributed by atoms with Gasteiger partial charge in [0.2, 0.25) is 6.10 Å². The number of methoxy groups -OCH3 is 1. The lowest BCUT2D eigenvalue weighted by molar-refractivity contribution is -0.156. The lowest BCUT2D eigenvalue weighted by Crippen LogP contribution is -2.25. The van der Waals surface area contributed by atoms with E-state index in [-0.39, 0.29) is 18.7 Å². The molecule has 0 spiro atoms. The van der Waals surface area contributed by atoms with Gasteiger partial charge in [0.25, 0.3) is 0 Å². The number of rotatable bonds is 5. The smallest absolute Gasteiger partial charge is 0.355 e. The SMILES string of the molecule is COC(=O)C1=NOC(C(=O)OCc2csc(-c3ccsc3)n2)C1. The Morgan fingerprint density at radius 2 is 2.30 bits per heavy atom. The molecule has 7 nitrogen and oxygen atoms in total. The van der Waals surface area contributed by atoms with Crippen molar-refractivity contribution in [1.29, 1.82) is 0 Å². The number of oxime groups is 1. The summed E-state index contributed by atoms with van der Waals surface area (Å²) in [5.41, 5.74) is 1.78. The Bertz CT molecular complexity index is 738. The molecule has 0 saturated carbocycles. The topological polar surface area (TPSA) is 87.1 Å². The zero-order chi connectivity index (χ0) is 16.2. The van der Waals surface area contributed by atoms with Crippen molar-refractivity contribution in [2.75, 3.05) is 7.11 Å². The van der Waals surface area contributed by atoms with Crippen LogP contribution in [0.25, 0.3) is 10.6 Å². The lowest BCUT2D eigenvalue weighted by atomic mass is 10.2. The Kier molecular flexibility index (Phi) is 4.68. The summed E-state index contributed by atoms with van der Waals surface area (Å²) in [5.74, 6) is -1.20. The van der Waals surface area contributed by atoms with Crippen LogP contribution in [0.4, 0.5) is 0 Å². The Hall–Kier alpha value is -2.26. The van der Waals surface area contributed by atoms with Crippen molar-refractivity contribution in [2.45, 2.75) is 19.1 Å². The first-order chi connectivity index (χ1) is 11.2. The standard InChI is InChI=1S/C14H12N2O5S2/c1-19-13(17)10-4-11(21-16-10)14(18)20-5-9-7-23-12(15-9)8-2-3-22-6-8/h2-3,6-7,11H,4-5H2,1H3. The maximum Gasteiger partial charge on any atom is 0.355 e. The fourth-order valence-corrected chi connectivity index (χ4v) is 3.39. The summed E-state index contributed by atoms with van der Waals surface area (Å²) in [6.45, 7) is 0.0485. The molecule has 23 heavy (non-hydrogen) atoms. The highest BCUT2D eigenvalue weighted by Gasteiger charge is 2.33. The molecule has 0 bridgehead atoms. The number of nitrogens with zero attached hydrogens (tertiary/aromatic N) is 2. The van der Waals surface area contributed by atoms with E-state index in [1.165, 1.54) is 18.4 Å². The fourth-order valence-electron chi connectivity index (χ4n) is 1.87. The molecule has 1 aliphatic heterocycles. The molecule has 0 fully saturated rings. The van der Waals surface area contributed by atoms with Gasteiger partial charge in [-0.1, -0.05) is 5.16 Å². The van der Waals surface area contributed by atoms with Crippen LogP contribution in [0.3, 0.4) is 0 Å². The minimum absolute atomic E-state index is 0.0444. The predicted molar refractivity (Wildman–Crippen MR) is 84.2 cm³/mol. The monoisotopic (exact) mass is 352 g/mol. The maximum absolute atomic E-state index is 11.9. The predicted octanol–water partition coefficient (Wildman–Crippen LogP) is 2.23. The molecule has 1 aliphatic rings. The van der Waals surface area contributed by atoms with Crippen molar-refractivity contribution in [3.05, 3.63) is 27.9 Å². The van der Waals surface area contributed by atoms with E-state index in [2.05, 4.69) is 14.9 Å². The molecule has 0 radical (unpaired) electrons. The molecule has 0 aromatic carbocycles. The number of aromatic nitrogens is 1. The minimum Gasteiger partial charge on any atom is -0.464 e. The van der Waals surface area contributed by atoms with Gasteiger partial charge in [0, 0.05) is 16.3 Å². The molecule has 0 N–H and O–H groups in total. The summed E-state index contributed by atoms with van der Waals surface area (Å²) in [4.78, 5) is 32.5. The summed E-state index contributed by atoms with van der Waals surface area (Å²) in [6, 6.07) is 1.98. The van der Waals surface area contributed by atoms with Crippen LogP contribution < -0.4 is 0 Å². The molecular formula is C14H12N2O5S2. The lowest BCUT2D eigenvalue weighted by Gasteiger charge is -2.07. The first kappa shape index (κ1) is 15.6. The van der Waals surface area contributed by atoms with Crippen LogP contribution in [0.5, 0.6) is 0 Å². The molecule has 1 unspecified atom stereocenters. The molecule has 3 rings (SSSR count). The van der Waals surface area contributed by atoms with Crippen molar-refractivity contribution < 1.29 is 23.9 Å². The van der Waals surface area contributed by atoms with E-state index >= 15 is 0 Å². The summed E-state index contributed by atoms with van der Waals surface area (Å²) >= 11 is 3.08. The van der Waals surface area contributed by atoms with Gasteiger partial charge in [-0.2, -0.15) is 11.3 Å². The summed E-state index contributed by atoms with van der Waals surface area (Å²) in [6.07, 6.45) is -0.873. The Morgan fingerprint density at radius 1 is 1.43 bits per heavy atom. The van der Waals surface area contributed by atoms with Gasteiger partial charge in [0.1, 0.15) is 11.6 Å². The van der Waals surface area contributed by atoms with Crippen LogP contribution in [0, 0.1) is 0 Å². The Balaban J connectivity index is 1.51. The number of carbonyl (C=O) groups is 2. The van der Waals surface area contributed by atoms with Crippen molar-refractivity contribution >= 4 is 40.3 Å². The number of thiazole rings is 1. The van der Waals surface area contributed by atoms with E-state index in [1.54, 1.807) is 11.3 Å². The molecule has 3 heterocycles. The van der Waals surface area contributed by atoms with E-state index in [0.29, 0.717) is 5.69 Å². The van der Waals surface area contributed by atoms with E-state index < -0.39 is 18.0 Å². The largest absolute Gasteiger partial charge is 0.464 e. The van der Waals surface area contributed by atoms with Crippen LogP contribution >= 0.6 is 22.7 Å². The zero-order valence-electron chi connectivity index (χ0n) is 12.1. The fraction of sp³-hybridized carbons (Fsp3) is 0.286. The number of ether oxygens (including phenoxy) is 2. The molecular weight excluding hydrogens is 340 g/mol. The third kappa shape index (κ3) is 3.57. The van der Waals surface area contributed by atoms with Gasteiger partial charge >= 0.3 is 11.9 Å². The van der Waals surface area contributed by atoms with Crippen molar-refractivity contribution in [2.24, 2.45) is 5.16 Å². The summed E-state index contributed by atoms with van der Waals surface area (Å²) in [7, 11) is 1.24. The van der Waals surface area contributed by atoms with Gasteiger partial charge in [-0.25, -0.2) is 14.6 Å². The number of hydrogen-bond acceptors (Lipinski definition) is 9. The number of thiophene rings is 1. The molecule has 9 heteroatoms. The molecule has 1 atom stereocenters. The first-order valence-electron chi connectivity index (χ1n) is 6.62. The first-order valence-corrected chi connectivity index (χ1v) is 8.44. The van der Waals surface area contributed by atoms with Gasteiger partial charge in [0.15, 0.2) is 5.71 Å².